The first-order valence-corrected chi connectivity index (χ1v) is 4.70. The van der Waals surface area contributed by atoms with Gasteiger partial charge in [-0.15, -0.1) is 0 Å². The summed E-state index contributed by atoms with van der Waals surface area (Å²) in [6.07, 6.45) is 4.40. The second kappa shape index (κ2) is 3.14. The summed E-state index contributed by atoms with van der Waals surface area (Å²) in [6, 6.07) is 0. The summed E-state index contributed by atoms with van der Waals surface area (Å²) in [5, 5.41) is 9.40. The summed E-state index contributed by atoms with van der Waals surface area (Å²) in [7, 11) is 0. The van der Waals surface area contributed by atoms with E-state index in [0.717, 1.165) is 26.1 Å². The van der Waals surface area contributed by atoms with Crippen LogP contribution >= 0.6 is 0 Å². The molecule has 1 aliphatic carbocycles. The smallest absolute Gasteiger partial charge is 0.159 e. The highest BCUT2D eigenvalue weighted by molar-refractivity contribution is 5.91. The van der Waals surface area contributed by atoms with E-state index < -0.39 is 0 Å². The van der Waals surface area contributed by atoms with E-state index in [2.05, 4.69) is 0 Å². The molecule has 1 heterocycles. The van der Waals surface area contributed by atoms with Crippen molar-refractivity contribution in [1.82, 2.24) is 0 Å². The van der Waals surface area contributed by atoms with Crippen molar-refractivity contribution in [3.8, 4) is 0 Å². The minimum Gasteiger partial charge on any atom is -0.512 e. The molecular weight excluding hydrogens is 168 g/mol. The Morgan fingerprint density at radius 2 is 2.00 bits per heavy atom. The van der Waals surface area contributed by atoms with E-state index in [1.165, 1.54) is 6.08 Å². The predicted octanol–water partition coefficient (Wildman–Crippen LogP) is 1.59. The molecule has 1 aliphatic heterocycles. The number of carbonyl (C=O) groups excluding carboxylic acids is 1. The maximum Gasteiger partial charge on any atom is 0.159 e. The highest BCUT2D eigenvalue weighted by Gasteiger charge is 2.37. The Balaban J connectivity index is 2.15. The Labute approximate surface area is 77.4 Å². The van der Waals surface area contributed by atoms with Gasteiger partial charge in [-0.1, -0.05) is 0 Å². The van der Waals surface area contributed by atoms with Crippen LogP contribution in [0.2, 0.25) is 0 Å². The highest BCUT2D eigenvalue weighted by atomic mass is 16.5. The van der Waals surface area contributed by atoms with Gasteiger partial charge >= 0.3 is 0 Å². The van der Waals surface area contributed by atoms with Crippen molar-refractivity contribution in [2.45, 2.75) is 25.7 Å². The number of rotatable bonds is 0. The standard InChI is InChI=1S/C10H14O3/c11-8-5-9(12)7-10(6-8)1-3-13-4-2-10/h5,11H,1-4,6-7H2. The molecule has 3 heteroatoms. The van der Waals surface area contributed by atoms with E-state index in [9.17, 15) is 9.90 Å². The first kappa shape index (κ1) is 8.75. The van der Waals surface area contributed by atoms with E-state index >= 15 is 0 Å². The first-order chi connectivity index (χ1) is 6.20. The number of aliphatic hydroxyl groups excluding tert-OH is 1. The summed E-state index contributed by atoms with van der Waals surface area (Å²) in [5.41, 5.74) is 0.00810. The molecule has 0 radical (unpaired) electrons. The topological polar surface area (TPSA) is 46.5 Å². The predicted molar refractivity (Wildman–Crippen MR) is 47.4 cm³/mol. The monoisotopic (exact) mass is 182 g/mol. The van der Waals surface area contributed by atoms with Gasteiger partial charge in [-0.3, -0.25) is 4.79 Å². The Morgan fingerprint density at radius 3 is 2.62 bits per heavy atom. The SMILES string of the molecule is O=C1C=C(O)CC2(CCOCC2)C1. The molecule has 0 unspecified atom stereocenters. The largest absolute Gasteiger partial charge is 0.512 e. The van der Waals surface area contributed by atoms with Gasteiger partial charge in [0.1, 0.15) is 0 Å². The van der Waals surface area contributed by atoms with Crippen LogP contribution in [0.5, 0.6) is 0 Å². The average molecular weight is 182 g/mol. The molecule has 13 heavy (non-hydrogen) atoms. The maximum atomic E-state index is 11.3. The zero-order valence-corrected chi connectivity index (χ0v) is 7.58. The number of ketones is 1. The van der Waals surface area contributed by atoms with Crippen LogP contribution in [-0.4, -0.2) is 24.1 Å². The van der Waals surface area contributed by atoms with Crippen LogP contribution in [-0.2, 0) is 9.53 Å². The van der Waals surface area contributed by atoms with Crippen molar-refractivity contribution < 1.29 is 14.6 Å². The van der Waals surface area contributed by atoms with Gasteiger partial charge in [0, 0.05) is 32.1 Å². The van der Waals surface area contributed by atoms with Gasteiger partial charge in [-0.2, -0.15) is 0 Å². The molecule has 1 N–H and O–H groups in total. The van der Waals surface area contributed by atoms with E-state index in [1.54, 1.807) is 0 Å². The third-order valence-corrected chi connectivity index (χ3v) is 2.99. The number of allylic oxidation sites excluding steroid dienone is 2. The maximum absolute atomic E-state index is 11.3. The van der Waals surface area contributed by atoms with Gasteiger partial charge < -0.3 is 9.84 Å². The van der Waals surface area contributed by atoms with Crippen molar-refractivity contribution in [2.24, 2.45) is 5.41 Å². The summed E-state index contributed by atoms with van der Waals surface area (Å²) in [5.74, 6) is 0.309. The minimum absolute atomic E-state index is 0.00810. The zero-order chi connectivity index (χ0) is 9.31. The lowest BCUT2D eigenvalue weighted by Gasteiger charge is -2.38. The fraction of sp³-hybridized carbons (Fsp3) is 0.700. The lowest BCUT2D eigenvalue weighted by Crippen LogP contribution is -2.34. The molecule has 1 saturated heterocycles. The van der Waals surface area contributed by atoms with Crippen LogP contribution < -0.4 is 0 Å². The van der Waals surface area contributed by atoms with Crippen LogP contribution in [0.15, 0.2) is 11.8 Å². The summed E-state index contributed by atoms with van der Waals surface area (Å²) in [6.45, 7) is 1.45. The van der Waals surface area contributed by atoms with Crippen LogP contribution in [0.1, 0.15) is 25.7 Å². The average Bonchev–Trinajstić information content (AvgIpc) is 2.02. The van der Waals surface area contributed by atoms with Crippen molar-refractivity contribution in [3.05, 3.63) is 11.8 Å². The van der Waals surface area contributed by atoms with Crippen LogP contribution in [0.25, 0.3) is 0 Å². The normalized spacial score (nSPS) is 27.4. The number of hydrogen-bond donors (Lipinski definition) is 1. The van der Waals surface area contributed by atoms with Crippen molar-refractivity contribution in [1.29, 1.82) is 0 Å². The molecule has 0 aromatic carbocycles. The third kappa shape index (κ3) is 1.75. The molecule has 0 amide bonds. The van der Waals surface area contributed by atoms with Crippen LogP contribution in [0.4, 0.5) is 0 Å². The lowest BCUT2D eigenvalue weighted by molar-refractivity contribution is -0.120. The van der Waals surface area contributed by atoms with Crippen LogP contribution in [0.3, 0.4) is 0 Å². The Kier molecular flexibility index (Phi) is 2.12. The van der Waals surface area contributed by atoms with E-state index in [1.807, 2.05) is 0 Å². The quantitative estimate of drug-likeness (QED) is 0.618. The Hall–Kier alpha value is -0.830. The summed E-state index contributed by atoms with van der Waals surface area (Å²) in [4.78, 5) is 11.3. The molecular formula is C10H14O3. The van der Waals surface area contributed by atoms with Gasteiger partial charge in [0.15, 0.2) is 5.78 Å². The van der Waals surface area contributed by atoms with Crippen molar-refractivity contribution in [2.75, 3.05) is 13.2 Å². The number of hydrogen-bond acceptors (Lipinski definition) is 3. The Bertz CT molecular complexity index is 249. The van der Waals surface area contributed by atoms with Crippen molar-refractivity contribution >= 4 is 5.78 Å². The molecule has 3 nitrogen and oxygen atoms in total. The van der Waals surface area contributed by atoms with Gasteiger partial charge in [0.05, 0.1) is 5.76 Å². The second-order valence-corrected chi connectivity index (χ2v) is 4.07. The van der Waals surface area contributed by atoms with E-state index in [0.29, 0.717) is 12.8 Å². The van der Waals surface area contributed by atoms with Gasteiger partial charge in [-0.05, 0) is 18.3 Å². The van der Waals surface area contributed by atoms with Gasteiger partial charge in [-0.25, -0.2) is 0 Å². The van der Waals surface area contributed by atoms with Crippen molar-refractivity contribution in [3.63, 3.8) is 0 Å². The molecule has 0 saturated carbocycles. The first-order valence-electron chi connectivity index (χ1n) is 4.70. The number of ether oxygens (including phenoxy) is 1. The fourth-order valence-electron chi connectivity index (χ4n) is 2.26. The zero-order valence-electron chi connectivity index (χ0n) is 7.58. The third-order valence-electron chi connectivity index (χ3n) is 2.99. The molecule has 0 aromatic rings. The number of carbonyl (C=O) groups is 1. The summed E-state index contributed by atoms with van der Waals surface area (Å²) >= 11 is 0. The molecule has 2 rings (SSSR count). The Morgan fingerprint density at radius 1 is 1.31 bits per heavy atom. The van der Waals surface area contributed by atoms with Gasteiger partial charge in [0.25, 0.3) is 0 Å². The second-order valence-electron chi connectivity index (χ2n) is 4.07. The molecule has 1 spiro atoms. The molecule has 72 valence electrons. The van der Waals surface area contributed by atoms with Crippen LogP contribution in [0, 0.1) is 5.41 Å². The fourth-order valence-corrected chi connectivity index (χ4v) is 2.26. The molecule has 0 bridgehead atoms. The van der Waals surface area contributed by atoms with Gasteiger partial charge in [0.2, 0.25) is 0 Å². The molecule has 0 atom stereocenters. The minimum atomic E-state index is 0.00810. The number of aliphatic hydroxyl groups is 1. The molecule has 1 fully saturated rings. The molecule has 0 aromatic heterocycles. The highest BCUT2D eigenvalue weighted by Crippen LogP contribution is 2.42. The molecule has 2 aliphatic rings. The lowest BCUT2D eigenvalue weighted by atomic mass is 9.70. The van der Waals surface area contributed by atoms with E-state index in [-0.39, 0.29) is 17.0 Å². The van der Waals surface area contributed by atoms with E-state index in [4.69, 9.17) is 4.74 Å². The summed E-state index contributed by atoms with van der Waals surface area (Å²) < 4.78 is 5.26.